The first-order chi connectivity index (χ1) is 7.38. The molecule has 1 fully saturated rings. The molecule has 0 radical (unpaired) electrons. The average Bonchev–Trinajstić information content (AvgIpc) is 2.80. The van der Waals surface area contributed by atoms with E-state index < -0.39 is 0 Å². The minimum absolute atomic E-state index is 0.663. The molecule has 0 aromatic heterocycles. The molecule has 0 saturated carbocycles. The highest BCUT2D eigenvalue weighted by atomic mass is 15.0. The number of hydrogen-bond acceptors (Lipinski definition) is 2. The van der Waals surface area contributed by atoms with Crippen molar-refractivity contribution in [3.8, 4) is 0 Å². The lowest BCUT2D eigenvalue weighted by atomic mass is 10.1. The lowest BCUT2D eigenvalue weighted by molar-refractivity contribution is 0.547. The van der Waals surface area contributed by atoms with Crippen molar-refractivity contribution in [2.24, 2.45) is 0 Å². The molecule has 1 aromatic carbocycles. The van der Waals surface area contributed by atoms with E-state index in [9.17, 15) is 0 Å². The molecule has 0 amide bonds. The fourth-order valence-electron chi connectivity index (χ4n) is 1.98. The zero-order valence-corrected chi connectivity index (χ0v) is 9.42. The smallest absolute Gasteiger partial charge is 0.0208 e. The Kier molecular flexibility index (Phi) is 3.75. The van der Waals surface area contributed by atoms with E-state index in [-0.39, 0.29) is 0 Å². The van der Waals surface area contributed by atoms with Gasteiger partial charge < -0.3 is 10.6 Å². The summed E-state index contributed by atoms with van der Waals surface area (Å²) < 4.78 is 0. The van der Waals surface area contributed by atoms with Crippen LogP contribution in [-0.2, 0) is 13.0 Å². The van der Waals surface area contributed by atoms with Crippen molar-refractivity contribution in [1.82, 2.24) is 10.6 Å². The topological polar surface area (TPSA) is 24.1 Å². The Morgan fingerprint density at radius 3 is 2.60 bits per heavy atom. The molecular weight excluding hydrogens is 184 g/mol. The fraction of sp³-hybridized carbons (Fsp3) is 0.538. The van der Waals surface area contributed by atoms with Gasteiger partial charge in [-0.15, -0.1) is 0 Å². The predicted molar refractivity (Wildman–Crippen MR) is 63.9 cm³/mol. The first kappa shape index (κ1) is 10.7. The van der Waals surface area contributed by atoms with Gasteiger partial charge in [0, 0.05) is 19.1 Å². The lowest BCUT2D eigenvalue weighted by Gasteiger charge is -2.11. The summed E-state index contributed by atoms with van der Waals surface area (Å²) in [5, 5.41) is 6.94. The highest BCUT2D eigenvalue weighted by molar-refractivity contribution is 5.22. The van der Waals surface area contributed by atoms with Gasteiger partial charge in [0.25, 0.3) is 0 Å². The zero-order valence-electron chi connectivity index (χ0n) is 9.42. The SMILES string of the molecule is CCc1ccc(CNC2CCNC2)cc1. The second kappa shape index (κ2) is 5.29. The van der Waals surface area contributed by atoms with E-state index in [1.54, 1.807) is 0 Å². The minimum Gasteiger partial charge on any atom is -0.315 e. The summed E-state index contributed by atoms with van der Waals surface area (Å²) in [5.41, 5.74) is 2.81. The molecule has 1 unspecified atom stereocenters. The van der Waals surface area contributed by atoms with Crippen molar-refractivity contribution >= 4 is 0 Å². The molecule has 2 heteroatoms. The molecule has 0 bridgehead atoms. The van der Waals surface area contributed by atoms with Crippen LogP contribution in [0.3, 0.4) is 0 Å². The quantitative estimate of drug-likeness (QED) is 0.780. The van der Waals surface area contributed by atoms with Crippen LogP contribution in [0.2, 0.25) is 0 Å². The van der Waals surface area contributed by atoms with Crippen LogP contribution >= 0.6 is 0 Å². The third-order valence-electron chi connectivity index (χ3n) is 3.09. The Morgan fingerprint density at radius 2 is 2.00 bits per heavy atom. The van der Waals surface area contributed by atoms with Crippen molar-refractivity contribution < 1.29 is 0 Å². The second-order valence-electron chi connectivity index (χ2n) is 4.24. The van der Waals surface area contributed by atoms with Crippen LogP contribution in [0.5, 0.6) is 0 Å². The van der Waals surface area contributed by atoms with Gasteiger partial charge in [-0.25, -0.2) is 0 Å². The first-order valence-corrected chi connectivity index (χ1v) is 5.90. The molecule has 1 aliphatic rings. The van der Waals surface area contributed by atoms with Crippen LogP contribution in [0.4, 0.5) is 0 Å². The highest BCUT2D eigenvalue weighted by Crippen LogP contribution is 2.06. The Hall–Kier alpha value is -0.860. The highest BCUT2D eigenvalue weighted by Gasteiger charge is 2.12. The largest absolute Gasteiger partial charge is 0.315 e. The van der Waals surface area contributed by atoms with Crippen molar-refractivity contribution in [2.45, 2.75) is 32.4 Å². The van der Waals surface area contributed by atoms with Gasteiger partial charge in [0.15, 0.2) is 0 Å². The number of nitrogens with one attached hydrogen (secondary N) is 2. The van der Waals surface area contributed by atoms with Gasteiger partial charge in [-0.05, 0) is 30.5 Å². The molecule has 82 valence electrons. The lowest BCUT2D eigenvalue weighted by Crippen LogP contribution is -2.30. The fourth-order valence-corrected chi connectivity index (χ4v) is 1.98. The summed E-state index contributed by atoms with van der Waals surface area (Å²) >= 11 is 0. The second-order valence-corrected chi connectivity index (χ2v) is 4.24. The maximum atomic E-state index is 3.57. The van der Waals surface area contributed by atoms with E-state index in [2.05, 4.69) is 41.8 Å². The molecule has 0 spiro atoms. The van der Waals surface area contributed by atoms with E-state index in [0.29, 0.717) is 6.04 Å². The maximum absolute atomic E-state index is 3.57. The summed E-state index contributed by atoms with van der Waals surface area (Å²) in [4.78, 5) is 0. The van der Waals surface area contributed by atoms with Gasteiger partial charge in [0.1, 0.15) is 0 Å². The predicted octanol–water partition coefficient (Wildman–Crippen LogP) is 1.70. The normalized spacial score (nSPS) is 20.7. The molecule has 2 rings (SSSR count). The summed E-state index contributed by atoms with van der Waals surface area (Å²) in [6.45, 7) is 5.47. The van der Waals surface area contributed by atoms with E-state index in [1.807, 2.05) is 0 Å². The molecule has 1 aliphatic heterocycles. The average molecular weight is 204 g/mol. The van der Waals surface area contributed by atoms with Crippen LogP contribution in [0.25, 0.3) is 0 Å². The van der Waals surface area contributed by atoms with Gasteiger partial charge in [-0.2, -0.15) is 0 Å². The third-order valence-corrected chi connectivity index (χ3v) is 3.09. The molecule has 15 heavy (non-hydrogen) atoms. The number of benzene rings is 1. The molecule has 2 nitrogen and oxygen atoms in total. The number of hydrogen-bond donors (Lipinski definition) is 2. The van der Waals surface area contributed by atoms with Gasteiger partial charge in [0.05, 0.1) is 0 Å². The monoisotopic (exact) mass is 204 g/mol. The molecule has 1 atom stereocenters. The standard InChI is InChI=1S/C13H20N2/c1-2-11-3-5-12(6-4-11)9-15-13-7-8-14-10-13/h3-6,13-15H,2,7-10H2,1H3. The number of aryl methyl sites for hydroxylation is 1. The van der Waals surface area contributed by atoms with E-state index >= 15 is 0 Å². The Labute approximate surface area is 92.1 Å². The third kappa shape index (κ3) is 3.05. The van der Waals surface area contributed by atoms with E-state index in [4.69, 9.17) is 0 Å². The maximum Gasteiger partial charge on any atom is 0.0208 e. The zero-order chi connectivity index (χ0) is 10.5. The van der Waals surface area contributed by atoms with Gasteiger partial charge in [0.2, 0.25) is 0 Å². The summed E-state index contributed by atoms with van der Waals surface area (Å²) in [6.07, 6.45) is 2.38. The minimum atomic E-state index is 0.663. The summed E-state index contributed by atoms with van der Waals surface area (Å²) in [5.74, 6) is 0. The Morgan fingerprint density at radius 1 is 1.27 bits per heavy atom. The van der Waals surface area contributed by atoms with Crippen LogP contribution in [0.15, 0.2) is 24.3 Å². The van der Waals surface area contributed by atoms with Crippen molar-refractivity contribution in [2.75, 3.05) is 13.1 Å². The van der Waals surface area contributed by atoms with Crippen LogP contribution in [0, 0.1) is 0 Å². The molecule has 0 aliphatic carbocycles. The summed E-state index contributed by atoms with van der Waals surface area (Å²) in [7, 11) is 0. The molecule has 1 aromatic rings. The van der Waals surface area contributed by atoms with Gasteiger partial charge in [-0.1, -0.05) is 31.2 Å². The molecule has 2 N–H and O–H groups in total. The van der Waals surface area contributed by atoms with Crippen molar-refractivity contribution in [3.05, 3.63) is 35.4 Å². The van der Waals surface area contributed by atoms with Crippen LogP contribution in [-0.4, -0.2) is 19.1 Å². The van der Waals surface area contributed by atoms with Gasteiger partial charge >= 0.3 is 0 Å². The summed E-state index contributed by atoms with van der Waals surface area (Å²) in [6, 6.07) is 9.58. The van der Waals surface area contributed by atoms with Crippen LogP contribution in [0.1, 0.15) is 24.5 Å². The Bertz CT molecular complexity index is 286. The van der Waals surface area contributed by atoms with E-state index in [1.165, 1.54) is 17.5 Å². The van der Waals surface area contributed by atoms with Gasteiger partial charge in [-0.3, -0.25) is 0 Å². The number of rotatable bonds is 4. The first-order valence-electron chi connectivity index (χ1n) is 5.90. The van der Waals surface area contributed by atoms with E-state index in [0.717, 1.165) is 26.1 Å². The van der Waals surface area contributed by atoms with Crippen LogP contribution < -0.4 is 10.6 Å². The van der Waals surface area contributed by atoms with Crippen molar-refractivity contribution in [3.63, 3.8) is 0 Å². The molecule has 1 saturated heterocycles. The molecular formula is C13H20N2. The Balaban J connectivity index is 1.82. The van der Waals surface area contributed by atoms with Crippen molar-refractivity contribution in [1.29, 1.82) is 0 Å². The molecule has 1 heterocycles.